The Bertz CT molecular complexity index is 342. The van der Waals surface area contributed by atoms with Crippen LogP contribution in [0.5, 0.6) is 0 Å². The van der Waals surface area contributed by atoms with Gasteiger partial charge in [0.1, 0.15) is 0 Å². The van der Waals surface area contributed by atoms with Crippen LogP contribution in [-0.2, 0) is 0 Å². The van der Waals surface area contributed by atoms with Crippen LogP contribution in [0.1, 0.15) is 11.1 Å². The third-order valence-corrected chi connectivity index (χ3v) is 2.65. The lowest BCUT2D eigenvalue weighted by atomic mass is 10.1. The number of rotatable bonds is 1. The Morgan fingerprint density at radius 3 is 2.57 bits per heavy atom. The van der Waals surface area contributed by atoms with E-state index in [-0.39, 0.29) is 0 Å². The van der Waals surface area contributed by atoms with E-state index in [1.165, 1.54) is 5.56 Å². The van der Waals surface area contributed by atoms with E-state index in [1.807, 2.05) is 19.9 Å². The Balaban J connectivity index is 3.02. The van der Waals surface area contributed by atoms with Gasteiger partial charge in [-0.3, -0.25) is 0 Å². The molecule has 0 heterocycles. The van der Waals surface area contributed by atoms with E-state index in [0.29, 0.717) is 5.11 Å². The zero-order chi connectivity index (χ0) is 10.7. The molecular formula is C9H12BrN3S. The zero-order valence-corrected chi connectivity index (χ0v) is 10.4. The van der Waals surface area contributed by atoms with Crippen molar-refractivity contribution in [2.45, 2.75) is 13.8 Å². The highest BCUT2D eigenvalue weighted by Crippen LogP contribution is 2.27. The van der Waals surface area contributed by atoms with Crippen molar-refractivity contribution in [3.05, 3.63) is 27.7 Å². The van der Waals surface area contributed by atoms with Gasteiger partial charge in [-0.25, -0.2) is 5.84 Å². The van der Waals surface area contributed by atoms with Crippen molar-refractivity contribution in [3.8, 4) is 0 Å². The molecule has 1 aromatic rings. The highest BCUT2D eigenvalue weighted by atomic mass is 79.9. The summed E-state index contributed by atoms with van der Waals surface area (Å²) < 4.78 is 0.979. The van der Waals surface area contributed by atoms with Gasteiger partial charge in [-0.15, -0.1) is 0 Å². The van der Waals surface area contributed by atoms with E-state index in [4.69, 9.17) is 18.1 Å². The summed E-state index contributed by atoms with van der Waals surface area (Å²) in [6.07, 6.45) is 0. The molecule has 0 amide bonds. The number of thiocarbonyl (C=S) groups is 1. The van der Waals surface area contributed by atoms with E-state index < -0.39 is 0 Å². The van der Waals surface area contributed by atoms with Gasteiger partial charge in [0.05, 0.1) is 5.69 Å². The number of hydrazine groups is 1. The molecule has 0 atom stereocenters. The smallest absolute Gasteiger partial charge is 0.185 e. The minimum Gasteiger partial charge on any atom is -0.331 e. The molecule has 14 heavy (non-hydrogen) atoms. The summed E-state index contributed by atoms with van der Waals surface area (Å²) in [5, 5.41) is 3.40. The lowest BCUT2D eigenvalue weighted by molar-refractivity contribution is 1.04. The summed E-state index contributed by atoms with van der Waals surface area (Å²) in [7, 11) is 0. The highest BCUT2D eigenvalue weighted by Gasteiger charge is 2.05. The van der Waals surface area contributed by atoms with Crippen molar-refractivity contribution in [1.82, 2.24) is 5.43 Å². The first-order valence-corrected chi connectivity index (χ1v) is 5.29. The Labute approximate surface area is 97.2 Å². The van der Waals surface area contributed by atoms with Crippen molar-refractivity contribution >= 4 is 38.9 Å². The van der Waals surface area contributed by atoms with Crippen LogP contribution in [0.25, 0.3) is 0 Å². The molecule has 0 aliphatic carbocycles. The number of benzene rings is 1. The van der Waals surface area contributed by atoms with E-state index in [0.717, 1.165) is 15.7 Å². The van der Waals surface area contributed by atoms with Crippen LogP contribution in [0.2, 0.25) is 0 Å². The summed E-state index contributed by atoms with van der Waals surface area (Å²) in [4.78, 5) is 0. The molecule has 0 unspecified atom stereocenters. The molecule has 1 aromatic carbocycles. The number of nitrogens with two attached hydrogens (primary N) is 1. The van der Waals surface area contributed by atoms with Gasteiger partial charge in [-0.2, -0.15) is 0 Å². The zero-order valence-electron chi connectivity index (χ0n) is 8.02. The first-order valence-electron chi connectivity index (χ1n) is 4.09. The van der Waals surface area contributed by atoms with Crippen molar-refractivity contribution in [3.63, 3.8) is 0 Å². The first-order chi connectivity index (χ1) is 6.54. The van der Waals surface area contributed by atoms with Crippen LogP contribution >= 0.6 is 28.1 Å². The maximum absolute atomic E-state index is 5.18. The molecule has 0 fully saturated rings. The van der Waals surface area contributed by atoms with Gasteiger partial charge < -0.3 is 10.7 Å². The summed E-state index contributed by atoms with van der Waals surface area (Å²) >= 11 is 8.39. The van der Waals surface area contributed by atoms with Gasteiger partial charge in [0, 0.05) is 4.47 Å². The second kappa shape index (κ2) is 4.72. The first kappa shape index (κ1) is 11.4. The molecular weight excluding hydrogens is 262 g/mol. The molecule has 0 saturated carbocycles. The molecule has 4 N–H and O–H groups in total. The Hall–Kier alpha value is -0.650. The number of aryl methyl sites for hydroxylation is 2. The summed E-state index contributed by atoms with van der Waals surface area (Å²) in [5.74, 6) is 5.18. The average molecular weight is 274 g/mol. The molecule has 76 valence electrons. The molecule has 0 radical (unpaired) electrons. The molecule has 0 bridgehead atoms. The number of hydrogen-bond donors (Lipinski definition) is 3. The lowest BCUT2D eigenvalue weighted by Crippen LogP contribution is -2.34. The fraction of sp³-hybridized carbons (Fsp3) is 0.222. The monoisotopic (exact) mass is 273 g/mol. The number of anilines is 1. The number of hydrogen-bond acceptors (Lipinski definition) is 2. The van der Waals surface area contributed by atoms with Crippen LogP contribution < -0.4 is 16.6 Å². The molecule has 0 spiro atoms. The second-order valence-corrected chi connectivity index (χ2v) is 4.30. The highest BCUT2D eigenvalue weighted by molar-refractivity contribution is 9.10. The lowest BCUT2D eigenvalue weighted by Gasteiger charge is -2.12. The number of nitrogens with one attached hydrogen (secondary N) is 2. The van der Waals surface area contributed by atoms with E-state index in [9.17, 15) is 0 Å². The summed E-state index contributed by atoms with van der Waals surface area (Å²) in [6.45, 7) is 4.06. The molecule has 5 heteroatoms. The van der Waals surface area contributed by atoms with Crippen molar-refractivity contribution < 1.29 is 0 Å². The summed E-state index contributed by atoms with van der Waals surface area (Å²) in [6, 6.07) is 4.10. The molecule has 0 aromatic heterocycles. The van der Waals surface area contributed by atoms with Crippen molar-refractivity contribution in [2.75, 3.05) is 5.32 Å². The van der Waals surface area contributed by atoms with Crippen molar-refractivity contribution in [1.29, 1.82) is 0 Å². The van der Waals surface area contributed by atoms with E-state index in [1.54, 1.807) is 0 Å². The topological polar surface area (TPSA) is 50.1 Å². The SMILES string of the molecule is Cc1cc(C)c(NC(=S)NN)c(Br)c1. The Morgan fingerprint density at radius 2 is 2.07 bits per heavy atom. The molecule has 0 aliphatic heterocycles. The quantitative estimate of drug-likeness (QED) is 0.417. The minimum absolute atomic E-state index is 0.401. The van der Waals surface area contributed by atoms with Crippen molar-refractivity contribution in [2.24, 2.45) is 5.84 Å². The predicted octanol–water partition coefficient (Wildman–Crippen LogP) is 2.23. The molecule has 1 rings (SSSR count). The second-order valence-electron chi connectivity index (χ2n) is 3.04. The third-order valence-electron chi connectivity index (χ3n) is 1.80. The minimum atomic E-state index is 0.401. The van der Waals surface area contributed by atoms with Gasteiger partial charge in [0.2, 0.25) is 0 Å². The van der Waals surface area contributed by atoms with Crippen LogP contribution in [0.3, 0.4) is 0 Å². The fourth-order valence-electron chi connectivity index (χ4n) is 1.22. The predicted molar refractivity (Wildman–Crippen MR) is 67.2 cm³/mol. The van der Waals surface area contributed by atoms with Crippen LogP contribution in [0.4, 0.5) is 5.69 Å². The standard InChI is InChI=1S/C9H12BrN3S/c1-5-3-6(2)8(7(10)4-5)12-9(14)13-11/h3-4H,11H2,1-2H3,(H2,12,13,14). The largest absolute Gasteiger partial charge is 0.331 e. The van der Waals surface area contributed by atoms with Gasteiger partial charge in [-0.05, 0) is 59.2 Å². The molecule has 3 nitrogen and oxygen atoms in total. The van der Waals surface area contributed by atoms with Crippen LogP contribution in [0, 0.1) is 13.8 Å². The third kappa shape index (κ3) is 2.67. The van der Waals surface area contributed by atoms with E-state index >= 15 is 0 Å². The van der Waals surface area contributed by atoms with Crippen LogP contribution in [-0.4, -0.2) is 5.11 Å². The molecule has 0 saturated heterocycles. The maximum Gasteiger partial charge on any atom is 0.185 e. The normalized spacial score (nSPS) is 9.71. The Morgan fingerprint density at radius 1 is 1.43 bits per heavy atom. The maximum atomic E-state index is 5.18. The Kier molecular flexibility index (Phi) is 3.86. The van der Waals surface area contributed by atoms with Gasteiger partial charge in [0.15, 0.2) is 5.11 Å². The van der Waals surface area contributed by atoms with Gasteiger partial charge in [0.25, 0.3) is 0 Å². The van der Waals surface area contributed by atoms with Gasteiger partial charge in [-0.1, -0.05) is 6.07 Å². The molecule has 0 aliphatic rings. The fourth-order valence-corrected chi connectivity index (χ4v) is 2.10. The average Bonchev–Trinajstić information content (AvgIpc) is 2.10. The number of halogens is 1. The van der Waals surface area contributed by atoms with Gasteiger partial charge >= 0.3 is 0 Å². The van der Waals surface area contributed by atoms with E-state index in [2.05, 4.69) is 32.7 Å². The van der Waals surface area contributed by atoms with Crippen LogP contribution in [0.15, 0.2) is 16.6 Å². The summed E-state index contributed by atoms with van der Waals surface area (Å²) in [5.41, 5.74) is 5.65.